The molecule has 2 aromatic carbocycles. The largest absolute Gasteiger partial charge is 0.370 e. The second-order valence-corrected chi connectivity index (χ2v) is 6.05. The molecule has 22 heavy (non-hydrogen) atoms. The number of benzene rings is 2. The number of nitrogens with zero attached hydrogens (tertiary/aromatic N) is 1. The molecule has 1 heterocycles. The Morgan fingerprint density at radius 1 is 1.09 bits per heavy atom. The molecule has 2 aromatic rings. The molecule has 5 heteroatoms. The highest BCUT2D eigenvalue weighted by Crippen LogP contribution is 2.25. The van der Waals surface area contributed by atoms with E-state index < -0.39 is 0 Å². The van der Waals surface area contributed by atoms with Crippen LogP contribution in [0.5, 0.6) is 0 Å². The fourth-order valence-corrected chi connectivity index (χ4v) is 2.94. The molecule has 1 saturated heterocycles. The van der Waals surface area contributed by atoms with Crippen molar-refractivity contribution in [3.8, 4) is 0 Å². The third-order valence-electron chi connectivity index (χ3n) is 3.65. The summed E-state index contributed by atoms with van der Waals surface area (Å²) in [5.74, 6) is -0.0298. The molecule has 0 aromatic heterocycles. The Labute approximate surface area is 139 Å². The minimum atomic E-state index is -0.157. The van der Waals surface area contributed by atoms with Gasteiger partial charge in [-0.3, -0.25) is 4.79 Å². The van der Waals surface area contributed by atoms with E-state index in [1.165, 1.54) is 0 Å². The molecular weight excluding hydrogens is 321 g/mol. The van der Waals surface area contributed by atoms with Crippen LogP contribution in [0.15, 0.2) is 48.5 Å². The smallest absolute Gasteiger partial charge is 0.254 e. The first-order chi connectivity index (χ1) is 10.6. The molecule has 0 saturated carbocycles. The lowest BCUT2D eigenvalue weighted by Crippen LogP contribution is -2.42. The van der Waals surface area contributed by atoms with E-state index in [0.717, 1.165) is 5.56 Å². The number of hydrogen-bond acceptors (Lipinski definition) is 2. The van der Waals surface area contributed by atoms with E-state index in [9.17, 15) is 4.79 Å². The van der Waals surface area contributed by atoms with Gasteiger partial charge >= 0.3 is 0 Å². The number of rotatable bonds is 2. The zero-order valence-corrected chi connectivity index (χ0v) is 13.3. The zero-order valence-electron chi connectivity index (χ0n) is 11.8. The van der Waals surface area contributed by atoms with Gasteiger partial charge in [-0.05, 0) is 35.9 Å². The van der Waals surface area contributed by atoms with Gasteiger partial charge in [-0.15, -0.1) is 0 Å². The van der Waals surface area contributed by atoms with E-state index in [4.69, 9.17) is 27.9 Å². The van der Waals surface area contributed by atoms with E-state index in [1.54, 1.807) is 29.2 Å². The van der Waals surface area contributed by atoms with Crippen molar-refractivity contribution in [1.82, 2.24) is 4.90 Å². The van der Waals surface area contributed by atoms with Gasteiger partial charge in [0, 0.05) is 22.2 Å². The number of hydrogen-bond donors (Lipinski definition) is 0. The van der Waals surface area contributed by atoms with Crippen molar-refractivity contribution >= 4 is 29.1 Å². The highest BCUT2D eigenvalue weighted by Gasteiger charge is 2.26. The molecule has 3 nitrogen and oxygen atoms in total. The van der Waals surface area contributed by atoms with Crippen molar-refractivity contribution in [2.45, 2.75) is 6.10 Å². The first kappa shape index (κ1) is 15.3. The fraction of sp³-hybridized carbons (Fsp3) is 0.235. The Morgan fingerprint density at radius 2 is 1.82 bits per heavy atom. The Hall–Kier alpha value is -1.55. The summed E-state index contributed by atoms with van der Waals surface area (Å²) in [5.41, 5.74) is 1.58. The number of carbonyl (C=O) groups excluding carboxylic acids is 1. The third kappa shape index (κ3) is 3.43. The summed E-state index contributed by atoms with van der Waals surface area (Å²) in [6, 6.07) is 14.5. The van der Waals surface area contributed by atoms with E-state index in [2.05, 4.69) is 0 Å². The summed E-state index contributed by atoms with van der Waals surface area (Å²) in [7, 11) is 0. The highest BCUT2D eigenvalue weighted by molar-refractivity contribution is 6.31. The van der Waals surface area contributed by atoms with Crippen LogP contribution < -0.4 is 0 Å². The summed E-state index contributed by atoms with van der Waals surface area (Å²) < 4.78 is 5.78. The van der Waals surface area contributed by atoms with Crippen LogP contribution in [-0.2, 0) is 4.74 Å². The van der Waals surface area contributed by atoms with Crippen molar-refractivity contribution in [3.05, 3.63) is 69.7 Å². The molecule has 3 rings (SSSR count). The van der Waals surface area contributed by atoms with E-state index in [-0.39, 0.29) is 12.0 Å². The normalized spacial score (nSPS) is 18.3. The second-order valence-electron chi connectivity index (χ2n) is 5.18. The molecule has 0 spiro atoms. The Kier molecular flexibility index (Phi) is 4.67. The van der Waals surface area contributed by atoms with Gasteiger partial charge < -0.3 is 9.64 Å². The van der Waals surface area contributed by atoms with E-state index >= 15 is 0 Å². The molecule has 1 amide bonds. The molecule has 1 fully saturated rings. The zero-order chi connectivity index (χ0) is 15.5. The lowest BCUT2D eigenvalue weighted by molar-refractivity contribution is -0.0228. The minimum absolute atomic E-state index is 0.0298. The standard InChI is InChI=1S/C17H15Cl2NO2/c18-14-5-1-3-12(9-14)16-11-20(7-8-22-16)17(21)13-4-2-6-15(19)10-13/h1-6,9-10,16H,7-8,11H2. The van der Waals surface area contributed by atoms with Gasteiger partial charge in [-0.2, -0.15) is 0 Å². The van der Waals surface area contributed by atoms with Gasteiger partial charge in [0.15, 0.2) is 0 Å². The molecule has 0 bridgehead atoms. The summed E-state index contributed by atoms with van der Waals surface area (Å²) in [5, 5.41) is 1.23. The van der Waals surface area contributed by atoms with Crippen LogP contribution in [0.1, 0.15) is 22.0 Å². The molecule has 0 radical (unpaired) electrons. The van der Waals surface area contributed by atoms with Crippen LogP contribution in [-0.4, -0.2) is 30.5 Å². The van der Waals surface area contributed by atoms with Gasteiger partial charge in [0.2, 0.25) is 0 Å². The predicted octanol–water partition coefficient (Wildman–Crippen LogP) is 4.21. The Morgan fingerprint density at radius 3 is 2.55 bits per heavy atom. The Balaban J connectivity index is 1.77. The molecular formula is C17H15Cl2NO2. The highest BCUT2D eigenvalue weighted by atomic mass is 35.5. The minimum Gasteiger partial charge on any atom is -0.370 e. The van der Waals surface area contributed by atoms with Crippen molar-refractivity contribution in [3.63, 3.8) is 0 Å². The molecule has 1 unspecified atom stereocenters. The van der Waals surface area contributed by atoms with Gasteiger partial charge in [0.1, 0.15) is 6.10 Å². The molecule has 0 N–H and O–H groups in total. The fourth-order valence-electron chi connectivity index (χ4n) is 2.55. The summed E-state index contributed by atoms with van der Waals surface area (Å²) >= 11 is 12.0. The molecule has 1 aliphatic heterocycles. The average Bonchev–Trinajstić information content (AvgIpc) is 2.54. The number of halogens is 2. The summed E-state index contributed by atoms with van der Waals surface area (Å²) in [6.45, 7) is 1.58. The van der Waals surface area contributed by atoms with Crippen LogP contribution in [0, 0.1) is 0 Å². The molecule has 1 aliphatic rings. The van der Waals surface area contributed by atoms with Crippen LogP contribution in [0.4, 0.5) is 0 Å². The monoisotopic (exact) mass is 335 g/mol. The van der Waals surface area contributed by atoms with Crippen molar-refractivity contribution in [2.24, 2.45) is 0 Å². The quantitative estimate of drug-likeness (QED) is 0.822. The molecule has 114 valence electrons. The van der Waals surface area contributed by atoms with Gasteiger partial charge in [-0.1, -0.05) is 41.4 Å². The van der Waals surface area contributed by atoms with Crippen molar-refractivity contribution in [1.29, 1.82) is 0 Å². The third-order valence-corrected chi connectivity index (χ3v) is 4.12. The van der Waals surface area contributed by atoms with E-state index in [1.807, 2.05) is 24.3 Å². The van der Waals surface area contributed by atoms with Crippen LogP contribution in [0.3, 0.4) is 0 Å². The topological polar surface area (TPSA) is 29.5 Å². The summed E-state index contributed by atoms with van der Waals surface area (Å²) in [4.78, 5) is 14.4. The summed E-state index contributed by atoms with van der Waals surface area (Å²) in [6.07, 6.45) is -0.157. The van der Waals surface area contributed by atoms with E-state index in [0.29, 0.717) is 35.3 Å². The molecule has 1 atom stereocenters. The molecule has 0 aliphatic carbocycles. The first-order valence-electron chi connectivity index (χ1n) is 7.05. The lowest BCUT2D eigenvalue weighted by atomic mass is 10.1. The number of morpholine rings is 1. The number of carbonyl (C=O) groups is 1. The first-order valence-corrected chi connectivity index (χ1v) is 7.81. The average molecular weight is 336 g/mol. The maximum atomic E-state index is 12.6. The van der Waals surface area contributed by atoms with Gasteiger partial charge in [0.05, 0.1) is 13.2 Å². The predicted molar refractivity (Wildman–Crippen MR) is 87.5 cm³/mol. The second kappa shape index (κ2) is 6.69. The van der Waals surface area contributed by atoms with Crippen molar-refractivity contribution in [2.75, 3.05) is 19.7 Å². The number of ether oxygens (including phenoxy) is 1. The maximum Gasteiger partial charge on any atom is 0.254 e. The lowest BCUT2D eigenvalue weighted by Gasteiger charge is -2.33. The maximum absolute atomic E-state index is 12.6. The van der Waals surface area contributed by atoms with Crippen molar-refractivity contribution < 1.29 is 9.53 Å². The van der Waals surface area contributed by atoms with Crippen LogP contribution in [0.2, 0.25) is 10.0 Å². The van der Waals surface area contributed by atoms with Gasteiger partial charge in [-0.25, -0.2) is 0 Å². The Bertz CT molecular complexity index is 690. The van der Waals surface area contributed by atoms with Gasteiger partial charge in [0.25, 0.3) is 5.91 Å². The SMILES string of the molecule is O=C(c1cccc(Cl)c1)N1CCOC(c2cccc(Cl)c2)C1. The van der Waals surface area contributed by atoms with Crippen LogP contribution in [0.25, 0.3) is 0 Å². The van der Waals surface area contributed by atoms with Crippen LogP contribution >= 0.6 is 23.2 Å². The number of amides is 1.